The van der Waals surface area contributed by atoms with Crippen LogP contribution >= 0.6 is 23.2 Å². The number of rotatable bonds is 3. The largest absolute Gasteiger partial charge is 0.352 e. The zero-order valence-electron chi connectivity index (χ0n) is 12.7. The number of hydrogen-bond donors (Lipinski definition) is 1. The predicted molar refractivity (Wildman–Crippen MR) is 90.7 cm³/mol. The van der Waals surface area contributed by atoms with Crippen LogP contribution in [-0.4, -0.2) is 36.5 Å². The van der Waals surface area contributed by atoms with Crippen LogP contribution in [0.1, 0.15) is 42.5 Å². The number of carbonyl (C=O) groups excluding carboxylic acids is 1. The fraction of sp³-hybridized carbons (Fsp3) is 0.588. The van der Waals surface area contributed by atoms with Crippen LogP contribution in [0.2, 0.25) is 10.0 Å². The average molecular weight is 341 g/mol. The van der Waals surface area contributed by atoms with Gasteiger partial charge in [-0.2, -0.15) is 0 Å². The summed E-state index contributed by atoms with van der Waals surface area (Å²) in [7, 11) is 0. The molecule has 2 atom stereocenters. The van der Waals surface area contributed by atoms with Crippen LogP contribution < -0.4 is 5.32 Å². The number of fused-ring (bicyclic) bond motifs is 1. The molecule has 2 heterocycles. The number of halogens is 2. The number of nitrogens with one attached hydrogen (secondary N) is 1. The van der Waals surface area contributed by atoms with E-state index >= 15 is 0 Å². The molecule has 2 unspecified atom stereocenters. The number of nitrogens with zero attached hydrogens (tertiary/aromatic N) is 1. The van der Waals surface area contributed by atoms with E-state index in [0.717, 1.165) is 6.54 Å². The summed E-state index contributed by atoms with van der Waals surface area (Å²) in [6, 6.07) is 5.64. The molecule has 1 aromatic rings. The molecular weight excluding hydrogens is 319 g/mol. The van der Waals surface area contributed by atoms with E-state index < -0.39 is 0 Å². The van der Waals surface area contributed by atoms with E-state index in [0.29, 0.717) is 27.6 Å². The van der Waals surface area contributed by atoms with Crippen molar-refractivity contribution in [1.29, 1.82) is 0 Å². The van der Waals surface area contributed by atoms with E-state index in [2.05, 4.69) is 10.2 Å². The zero-order valence-corrected chi connectivity index (χ0v) is 14.2. The van der Waals surface area contributed by atoms with Gasteiger partial charge in [-0.05, 0) is 62.9 Å². The molecule has 0 aliphatic carbocycles. The van der Waals surface area contributed by atoms with E-state index in [9.17, 15) is 4.79 Å². The molecule has 1 aromatic carbocycles. The Balaban J connectivity index is 1.60. The summed E-state index contributed by atoms with van der Waals surface area (Å²) < 4.78 is 0. The van der Waals surface area contributed by atoms with Gasteiger partial charge in [0.2, 0.25) is 0 Å². The van der Waals surface area contributed by atoms with Crippen LogP contribution in [0.25, 0.3) is 0 Å². The van der Waals surface area contributed by atoms with E-state index in [1.54, 1.807) is 18.2 Å². The third-order valence-corrected chi connectivity index (χ3v) is 5.48. The fourth-order valence-corrected chi connectivity index (χ4v) is 4.30. The molecule has 2 aliphatic rings. The molecule has 2 saturated heterocycles. The van der Waals surface area contributed by atoms with Gasteiger partial charge in [-0.25, -0.2) is 0 Å². The highest BCUT2D eigenvalue weighted by molar-refractivity contribution is 6.36. The van der Waals surface area contributed by atoms with E-state index in [4.69, 9.17) is 23.2 Å². The van der Waals surface area contributed by atoms with Crippen molar-refractivity contribution in [2.24, 2.45) is 5.92 Å². The Morgan fingerprint density at radius 2 is 2.00 bits per heavy atom. The summed E-state index contributed by atoms with van der Waals surface area (Å²) in [5, 5.41) is 4.03. The summed E-state index contributed by atoms with van der Waals surface area (Å²) in [5.74, 6) is 0.457. The number of piperidine rings is 2. The standard InChI is InChI=1S/C17H22Cl2N2O/c18-13-6-7-14(15(19)10-13)17(22)20-11-12-4-3-9-21-8-2-1-5-16(12)21/h6-7,10,12,16H,1-5,8-9,11H2,(H,20,22). The maximum absolute atomic E-state index is 12.3. The van der Waals surface area contributed by atoms with Crippen LogP contribution in [0.4, 0.5) is 0 Å². The molecule has 0 spiro atoms. The van der Waals surface area contributed by atoms with Gasteiger partial charge in [0.05, 0.1) is 10.6 Å². The maximum atomic E-state index is 12.3. The maximum Gasteiger partial charge on any atom is 0.252 e. The second-order valence-corrected chi connectivity index (χ2v) is 7.18. The minimum absolute atomic E-state index is 0.102. The second-order valence-electron chi connectivity index (χ2n) is 6.34. The van der Waals surface area contributed by atoms with Gasteiger partial charge in [-0.15, -0.1) is 0 Å². The lowest BCUT2D eigenvalue weighted by molar-refractivity contribution is 0.0575. The predicted octanol–water partition coefficient (Wildman–Crippen LogP) is 3.99. The Hall–Kier alpha value is -0.770. The summed E-state index contributed by atoms with van der Waals surface area (Å²) >= 11 is 12.0. The third-order valence-electron chi connectivity index (χ3n) is 4.93. The first-order chi connectivity index (χ1) is 10.6. The van der Waals surface area contributed by atoms with Gasteiger partial charge in [0.15, 0.2) is 0 Å². The van der Waals surface area contributed by atoms with Gasteiger partial charge in [-0.1, -0.05) is 29.6 Å². The van der Waals surface area contributed by atoms with Crippen molar-refractivity contribution >= 4 is 29.1 Å². The molecular formula is C17H22Cl2N2O. The van der Waals surface area contributed by atoms with E-state index in [-0.39, 0.29) is 5.91 Å². The van der Waals surface area contributed by atoms with Crippen molar-refractivity contribution in [3.05, 3.63) is 33.8 Å². The quantitative estimate of drug-likeness (QED) is 0.902. The van der Waals surface area contributed by atoms with Gasteiger partial charge in [-0.3, -0.25) is 4.79 Å². The third kappa shape index (κ3) is 3.58. The number of hydrogen-bond acceptors (Lipinski definition) is 2. The molecule has 1 amide bonds. The molecule has 22 heavy (non-hydrogen) atoms. The molecule has 0 aromatic heterocycles. The smallest absolute Gasteiger partial charge is 0.252 e. The van der Waals surface area contributed by atoms with Crippen molar-refractivity contribution in [3.8, 4) is 0 Å². The number of carbonyl (C=O) groups is 1. The first kappa shape index (κ1) is 16.1. The van der Waals surface area contributed by atoms with Crippen molar-refractivity contribution in [1.82, 2.24) is 10.2 Å². The molecule has 2 aliphatic heterocycles. The van der Waals surface area contributed by atoms with Gasteiger partial charge >= 0.3 is 0 Å². The molecule has 5 heteroatoms. The lowest BCUT2D eigenvalue weighted by atomic mass is 9.83. The Kier molecular flexibility index (Phi) is 5.27. The molecule has 3 nitrogen and oxygen atoms in total. The highest BCUT2D eigenvalue weighted by atomic mass is 35.5. The van der Waals surface area contributed by atoms with Crippen LogP contribution in [0, 0.1) is 5.92 Å². The summed E-state index contributed by atoms with van der Waals surface area (Å²) in [6.45, 7) is 3.18. The van der Waals surface area contributed by atoms with Crippen molar-refractivity contribution in [3.63, 3.8) is 0 Å². The van der Waals surface area contributed by atoms with Gasteiger partial charge in [0, 0.05) is 17.6 Å². The molecule has 0 saturated carbocycles. The lowest BCUT2D eigenvalue weighted by Gasteiger charge is -2.44. The second kappa shape index (κ2) is 7.20. The highest BCUT2D eigenvalue weighted by Gasteiger charge is 2.33. The molecule has 120 valence electrons. The van der Waals surface area contributed by atoms with E-state index in [1.165, 1.54) is 45.2 Å². The normalized spacial score (nSPS) is 25.5. The topological polar surface area (TPSA) is 32.3 Å². The number of amides is 1. The molecule has 3 rings (SSSR count). The van der Waals surface area contributed by atoms with Crippen LogP contribution in [0.3, 0.4) is 0 Å². The molecule has 1 N–H and O–H groups in total. The molecule has 2 fully saturated rings. The van der Waals surface area contributed by atoms with Gasteiger partial charge in [0.1, 0.15) is 0 Å². The first-order valence-corrected chi connectivity index (χ1v) is 8.88. The summed E-state index contributed by atoms with van der Waals surface area (Å²) in [4.78, 5) is 14.9. The summed E-state index contributed by atoms with van der Waals surface area (Å²) in [5.41, 5.74) is 0.502. The Morgan fingerprint density at radius 1 is 1.18 bits per heavy atom. The minimum Gasteiger partial charge on any atom is -0.352 e. The van der Waals surface area contributed by atoms with Gasteiger partial charge < -0.3 is 10.2 Å². The van der Waals surface area contributed by atoms with Crippen molar-refractivity contribution in [2.45, 2.75) is 38.1 Å². The van der Waals surface area contributed by atoms with Crippen molar-refractivity contribution < 1.29 is 4.79 Å². The Morgan fingerprint density at radius 3 is 2.82 bits per heavy atom. The Labute approximate surface area is 142 Å². The van der Waals surface area contributed by atoms with Gasteiger partial charge in [0.25, 0.3) is 5.91 Å². The van der Waals surface area contributed by atoms with Crippen LogP contribution in [0.15, 0.2) is 18.2 Å². The molecule has 0 bridgehead atoms. The van der Waals surface area contributed by atoms with Crippen LogP contribution in [0.5, 0.6) is 0 Å². The average Bonchev–Trinajstić information content (AvgIpc) is 2.52. The highest BCUT2D eigenvalue weighted by Crippen LogP contribution is 2.30. The van der Waals surface area contributed by atoms with E-state index in [1.807, 2.05) is 0 Å². The van der Waals surface area contributed by atoms with Crippen LogP contribution in [-0.2, 0) is 0 Å². The number of benzene rings is 1. The summed E-state index contributed by atoms with van der Waals surface area (Å²) in [6.07, 6.45) is 6.33. The Bertz CT molecular complexity index is 547. The monoisotopic (exact) mass is 340 g/mol. The fourth-order valence-electron chi connectivity index (χ4n) is 3.81. The SMILES string of the molecule is O=C(NCC1CCCN2CCCCC12)c1ccc(Cl)cc1Cl. The van der Waals surface area contributed by atoms with Crippen molar-refractivity contribution in [2.75, 3.05) is 19.6 Å². The first-order valence-electron chi connectivity index (χ1n) is 8.12. The molecule has 0 radical (unpaired) electrons. The minimum atomic E-state index is -0.102. The zero-order chi connectivity index (χ0) is 15.5. The lowest BCUT2D eigenvalue weighted by Crippen LogP contribution is -2.51.